The van der Waals surface area contributed by atoms with E-state index in [1.54, 1.807) is 0 Å². The Kier molecular flexibility index (Phi) is 4.66. The Morgan fingerprint density at radius 1 is 1.33 bits per heavy atom. The van der Waals surface area contributed by atoms with Crippen molar-refractivity contribution in [3.63, 3.8) is 0 Å². The van der Waals surface area contributed by atoms with Gasteiger partial charge in [-0.1, -0.05) is 13.8 Å². The highest BCUT2D eigenvalue weighted by molar-refractivity contribution is 5.76. The molecule has 1 saturated carbocycles. The summed E-state index contributed by atoms with van der Waals surface area (Å²) in [6.45, 7) is 7.62. The minimum Gasteiger partial charge on any atom is -0.356 e. The van der Waals surface area contributed by atoms with Crippen LogP contribution in [0.3, 0.4) is 0 Å². The molecule has 104 valence electrons. The number of hydrogen-bond acceptors (Lipinski definition) is 2. The molecule has 2 N–H and O–H groups in total. The van der Waals surface area contributed by atoms with Crippen LogP contribution in [0.25, 0.3) is 0 Å². The molecule has 0 spiro atoms. The van der Waals surface area contributed by atoms with E-state index in [9.17, 15) is 4.79 Å². The summed E-state index contributed by atoms with van der Waals surface area (Å²) >= 11 is 0. The SMILES string of the molecule is CC(C)CC1(CNC(=O)CC2CCNCC2)CC1. The van der Waals surface area contributed by atoms with E-state index in [4.69, 9.17) is 0 Å². The molecule has 2 fully saturated rings. The monoisotopic (exact) mass is 252 g/mol. The first-order chi connectivity index (χ1) is 8.60. The van der Waals surface area contributed by atoms with E-state index >= 15 is 0 Å². The Bertz CT molecular complexity index is 278. The standard InChI is InChI=1S/C15H28N2O/c1-12(2)10-15(5-6-15)11-17-14(18)9-13-3-7-16-8-4-13/h12-13,16H,3-11H2,1-2H3,(H,17,18). The van der Waals surface area contributed by atoms with Crippen LogP contribution in [0.2, 0.25) is 0 Å². The first-order valence-electron chi connectivity index (χ1n) is 7.57. The van der Waals surface area contributed by atoms with Crippen molar-refractivity contribution in [3.05, 3.63) is 0 Å². The van der Waals surface area contributed by atoms with E-state index in [0.717, 1.165) is 44.8 Å². The van der Waals surface area contributed by atoms with Gasteiger partial charge in [0, 0.05) is 13.0 Å². The second kappa shape index (κ2) is 6.05. The minimum atomic E-state index is 0.275. The molecule has 1 amide bonds. The lowest BCUT2D eigenvalue weighted by Gasteiger charge is -2.23. The van der Waals surface area contributed by atoms with E-state index in [2.05, 4.69) is 24.5 Å². The summed E-state index contributed by atoms with van der Waals surface area (Å²) in [7, 11) is 0. The lowest BCUT2D eigenvalue weighted by molar-refractivity contribution is -0.122. The molecule has 0 unspecified atom stereocenters. The van der Waals surface area contributed by atoms with Crippen molar-refractivity contribution in [3.8, 4) is 0 Å². The number of piperidine rings is 1. The van der Waals surface area contributed by atoms with Gasteiger partial charge in [0.25, 0.3) is 0 Å². The Labute approximate surface area is 111 Å². The molecule has 2 aliphatic rings. The molecule has 2 rings (SSSR count). The van der Waals surface area contributed by atoms with Gasteiger partial charge < -0.3 is 10.6 Å². The summed E-state index contributed by atoms with van der Waals surface area (Å²) in [5.74, 6) is 1.62. The van der Waals surface area contributed by atoms with Crippen molar-refractivity contribution in [1.82, 2.24) is 10.6 Å². The predicted molar refractivity (Wildman–Crippen MR) is 74.3 cm³/mol. The summed E-state index contributed by atoms with van der Waals surface area (Å²) in [6.07, 6.45) is 6.92. The highest BCUT2D eigenvalue weighted by Crippen LogP contribution is 2.50. The lowest BCUT2D eigenvalue weighted by atomic mass is 9.93. The molecule has 1 aliphatic heterocycles. The van der Waals surface area contributed by atoms with Crippen LogP contribution in [0.15, 0.2) is 0 Å². The van der Waals surface area contributed by atoms with E-state index in [0.29, 0.717) is 11.3 Å². The maximum absolute atomic E-state index is 11.9. The van der Waals surface area contributed by atoms with Crippen molar-refractivity contribution in [2.75, 3.05) is 19.6 Å². The fourth-order valence-electron chi connectivity index (χ4n) is 3.20. The molecule has 18 heavy (non-hydrogen) atoms. The van der Waals surface area contributed by atoms with Gasteiger partial charge in [0.05, 0.1) is 0 Å². The highest BCUT2D eigenvalue weighted by atomic mass is 16.1. The van der Waals surface area contributed by atoms with Crippen LogP contribution in [0, 0.1) is 17.3 Å². The van der Waals surface area contributed by atoms with Gasteiger partial charge in [-0.15, -0.1) is 0 Å². The first kappa shape index (κ1) is 13.9. The van der Waals surface area contributed by atoms with Crippen LogP contribution < -0.4 is 10.6 Å². The number of rotatable bonds is 6. The van der Waals surface area contributed by atoms with Gasteiger partial charge in [0.15, 0.2) is 0 Å². The third kappa shape index (κ3) is 4.27. The molecule has 1 heterocycles. The molecule has 3 heteroatoms. The predicted octanol–water partition coefficient (Wildman–Crippen LogP) is 2.32. The van der Waals surface area contributed by atoms with Crippen molar-refractivity contribution < 1.29 is 4.79 Å². The van der Waals surface area contributed by atoms with Crippen LogP contribution in [0.1, 0.15) is 52.4 Å². The third-order valence-corrected chi connectivity index (χ3v) is 4.39. The first-order valence-corrected chi connectivity index (χ1v) is 7.57. The zero-order valence-corrected chi connectivity index (χ0v) is 11.9. The van der Waals surface area contributed by atoms with Gasteiger partial charge in [0.2, 0.25) is 5.91 Å². The lowest BCUT2D eigenvalue weighted by Crippen LogP contribution is -2.35. The molecule has 0 aromatic rings. The van der Waals surface area contributed by atoms with E-state index in [1.165, 1.54) is 19.3 Å². The average Bonchev–Trinajstić information content (AvgIpc) is 3.07. The Morgan fingerprint density at radius 3 is 2.56 bits per heavy atom. The minimum absolute atomic E-state index is 0.275. The second-order valence-corrected chi connectivity index (χ2v) is 6.77. The smallest absolute Gasteiger partial charge is 0.220 e. The number of carbonyl (C=O) groups excluding carboxylic acids is 1. The number of hydrogen-bond donors (Lipinski definition) is 2. The number of nitrogens with one attached hydrogen (secondary N) is 2. The summed E-state index contributed by atoms with van der Waals surface area (Å²) in [4.78, 5) is 11.9. The van der Waals surface area contributed by atoms with Crippen molar-refractivity contribution in [2.24, 2.45) is 17.3 Å². The highest BCUT2D eigenvalue weighted by Gasteiger charge is 2.42. The molecule has 3 nitrogen and oxygen atoms in total. The van der Waals surface area contributed by atoms with Crippen LogP contribution >= 0.6 is 0 Å². The summed E-state index contributed by atoms with van der Waals surface area (Å²) in [5, 5.41) is 6.52. The average molecular weight is 252 g/mol. The van der Waals surface area contributed by atoms with Crippen LogP contribution in [-0.2, 0) is 4.79 Å². The molecule has 0 radical (unpaired) electrons. The van der Waals surface area contributed by atoms with Crippen molar-refractivity contribution in [2.45, 2.75) is 52.4 Å². The fourth-order valence-corrected chi connectivity index (χ4v) is 3.20. The maximum Gasteiger partial charge on any atom is 0.220 e. The summed E-state index contributed by atoms with van der Waals surface area (Å²) in [6, 6.07) is 0. The summed E-state index contributed by atoms with van der Waals surface area (Å²) < 4.78 is 0. The second-order valence-electron chi connectivity index (χ2n) is 6.77. The number of amides is 1. The molecule has 0 bridgehead atoms. The van der Waals surface area contributed by atoms with Gasteiger partial charge in [-0.2, -0.15) is 0 Å². The topological polar surface area (TPSA) is 41.1 Å². The molecule has 1 saturated heterocycles. The Hall–Kier alpha value is -0.570. The van der Waals surface area contributed by atoms with Gasteiger partial charge >= 0.3 is 0 Å². The zero-order valence-electron chi connectivity index (χ0n) is 11.9. The van der Waals surface area contributed by atoms with E-state index in [1.807, 2.05) is 0 Å². The van der Waals surface area contributed by atoms with Crippen molar-refractivity contribution >= 4 is 5.91 Å². The molecule has 0 aromatic carbocycles. The van der Waals surface area contributed by atoms with Crippen LogP contribution in [0.5, 0.6) is 0 Å². The van der Waals surface area contributed by atoms with E-state index < -0.39 is 0 Å². The molecule has 0 aromatic heterocycles. The fraction of sp³-hybridized carbons (Fsp3) is 0.933. The maximum atomic E-state index is 11.9. The normalized spacial score (nSPS) is 23.1. The third-order valence-electron chi connectivity index (χ3n) is 4.39. The van der Waals surface area contributed by atoms with E-state index in [-0.39, 0.29) is 5.91 Å². The molecular weight excluding hydrogens is 224 g/mol. The van der Waals surface area contributed by atoms with Gasteiger partial charge in [-0.05, 0) is 62.4 Å². The van der Waals surface area contributed by atoms with Gasteiger partial charge in [-0.3, -0.25) is 4.79 Å². The molecular formula is C15H28N2O. The van der Waals surface area contributed by atoms with Crippen LogP contribution in [0.4, 0.5) is 0 Å². The summed E-state index contributed by atoms with van der Waals surface area (Å²) in [5.41, 5.74) is 0.456. The quantitative estimate of drug-likeness (QED) is 0.761. The zero-order chi connectivity index (χ0) is 13.0. The van der Waals surface area contributed by atoms with Gasteiger partial charge in [-0.25, -0.2) is 0 Å². The number of carbonyl (C=O) groups is 1. The van der Waals surface area contributed by atoms with Gasteiger partial charge in [0.1, 0.15) is 0 Å². The largest absolute Gasteiger partial charge is 0.356 e. The molecule has 0 atom stereocenters. The Balaban J connectivity index is 1.65. The molecule has 1 aliphatic carbocycles. The van der Waals surface area contributed by atoms with Crippen molar-refractivity contribution in [1.29, 1.82) is 0 Å². The van der Waals surface area contributed by atoms with Crippen LogP contribution in [-0.4, -0.2) is 25.5 Å². The Morgan fingerprint density at radius 2 is 2.00 bits per heavy atom.